The van der Waals surface area contributed by atoms with Gasteiger partial charge in [0.15, 0.2) is 0 Å². The Morgan fingerprint density at radius 2 is 1.53 bits per heavy atom. The van der Waals surface area contributed by atoms with Gasteiger partial charge in [-0.2, -0.15) is 13.2 Å². The molecule has 0 saturated heterocycles. The molecule has 8 heteroatoms. The number of benzene rings is 3. The van der Waals surface area contributed by atoms with Gasteiger partial charge >= 0.3 is 12.1 Å². The quantitative estimate of drug-likeness (QED) is 0.217. The first-order valence-electron chi connectivity index (χ1n) is 11.1. The molecule has 36 heavy (non-hydrogen) atoms. The SMILES string of the molecule is Cc1ccccc1C(=O)Oc1ccc2c(=O)c(Oc3ccc(C(C)(C)C)cc3)c(C(F)(F)F)oc2c1. The van der Waals surface area contributed by atoms with E-state index in [0.717, 1.165) is 11.6 Å². The molecule has 0 aliphatic carbocycles. The maximum absolute atomic E-state index is 13.9. The zero-order chi connectivity index (χ0) is 26.3. The van der Waals surface area contributed by atoms with E-state index in [1.165, 1.54) is 24.3 Å². The van der Waals surface area contributed by atoms with Crippen molar-refractivity contribution in [1.29, 1.82) is 0 Å². The van der Waals surface area contributed by atoms with Crippen molar-refractivity contribution in [2.45, 2.75) is 39.3 Å². The molecule has 1 aromatic heterocycles. The van der Waals surface area contributed by atoms with Crippen molar-refractivity contribution in [1.82, 2.24) is 0 Å². The third-order valence-electron chi connectivity index (χ3n) is 5.60. The van der Waals surface area contributed by atoms with Gasteiger partial charge in [-0.15, -0.1) is 0 Å². The molecule has 0 spiro atoms. The molecule has 0 unspecified atom stereocenters. The number of aryl methyl sites for hydroxylation is 1. The molecule has 1 heterocycles. The second kappa shape index (κ2) is 9.18. The van der Waals surface area contributed by atoms with E-state index in [-0.39, 0.29) is 22.3 Å². The van der Waals surface area contributed by atoms with Crippen LogP contribution in [0.5, 0.6) is 17.2 Å². The number of ether oxygens (including phenoxy) is 2. The van der Waals surface area contributed by atoms with Crippen molar-refractivity contribution in [2.24, 2.45) is 0 Å². The Bertz CT molecular complexity index is 1490. The summed E-state index contributed by atoms with van der Waals surface area (Å²) >= 11 is 0. The minimum Gasteiger partial charge on any atom is -0.449 e. The average molecular weight is 496 g/mol. The van der Waals surface area contributed by atoms with Crippen LogP contribution >= 0.6 is 0 Å². The topological polar surface area (TPSA) is 65.7 Å². The van der Waals surface area contributed by atoms with Crippen LogP contribution in [0.1, 0.15) is 48.0 Å². The number of hydrogen-bond acceptors (Lipinski definition) is 5. The van der Waals surface area contributed by atoms with E-state index in [0.29, 0.717) is 11.1 Å². The van der Waals surface area contributed by atoms with Gasteiger partial charge in [0.25, 0.3) is 5.76 Å². The van der Waals surface area contributed by atoms with Crippen LogP contribution in [0.4, 0.5) is 13.2 Å². The van der Waals surface area contributed by atoms with Crippen molar-refractivity contribution >= 4 is 16.9 Å². The van der Waals surface area contributed by atoms with Crippen LogP contribution in [0.15, 0.2) is 75.9 Å². The summed E-state index contributed by atoms with van der Waals surface area (Å²) in [7, 11) is 0. The molecule has 5 nitrogen and oxygen atoms in total. The standard InChI is InChI=1S/C28H23F3O5/c1-16-7-5-6-8-20(16)26(33)35-19-13-14-21-22(15-19)36-25(28(29,30)31)24(23(21)32)34-18-11-9-17(10-12-18)27(2,3)4/h5-15H,1-4H3. The summed E-state index contributed by atoms with van der Waals surface area (Å²) in [6.07, 6.45) is -5.01. The molecule has 0 saturated carbocycles. The predicted octanol–water partition coefficient (Wildman–Crippen LogP) is 7.43. The second-order valence-electron chi connectivity index (χ2n) is 9.33. The number of carbonyl (C=O) groups excluding carboxylic acids is 1. The van der Waals surface area contributed by atoms with Crippen LogP contribution in [0.2, 0.25) is 0 Å². The summed E-state index contributed by atoms with van der Waals surface area (Å²) in [6.45, 7) is 7.71. The van der Waals surface area contributed by atoms with E-state index in [1.807, 2.05) is 20.8 Å². The Balaban J connectivity index is 1.73. The first-order chi connectivity index (χ1) is 16.8. The van der Waals surface area contributed by atoms with Crippen LogP contribution in [0, 0.1) is 6.92 Å². The first kappa shape index (κ1) is 25.0. The molecular formula is C28H23F3O5. The summed E-state index contributed by atoms with van der Waals surface area (Å²) in [5, 5.41) is -0.153. The number of hydrogen-bond donors (Lipinski definition) is 0. The molecule has 4 aromatic rings. The van der Waals surface area contributed by atoms with E-state index >= 15 is 0 Å². The Kier molecular flexibility index (Phi) is 6.39. The Labute approximate surface area is 205 Å². The molecule has 3 aromatic carbocycles. The lowest BCUT2D eigenvalue weighted by atomic mass is 9.87. The molecule has 4 rings (SSSR count). The molecule has 186 valence electrons. The molecule has 0 bridgehead atoms. The van der Waals surface area contributed by atoms with Gasteiger partial charge in [-0.05, 0) is 53.8 Å². The normalized spacial score (nSPS) is 12.0. The highest BCUT2D eigenvalue weighted by Gasteiger charge is 2.40. The Morgan fingerprint density at radius 1 is 0.889 bits per heavy atom. The molecule has 0 aliphatic heterocycles. The number of halogens is 3. The van der Waals surface area contributed by atoms with Crippen LogP contribution in [-0.2, 0) is 11.6 Å². The van der Waals surface area contributed by atoms with Crippen molar-refractivity contribution in [3.63, 3.8) is 0 Å². The average Bonchev–Trinajstić information content (AvgIpc) is 2.80. The highest BCUT2D eigenvalue weighted by atomic mass is 19.4. The molecule has 0 atom stereocenters. The number of rotatable bonds is 4. The fraction of sp³-hybridized carbons (Fsp3) is 0.214. The van der Waals surface area contributed by atoms with E-state index in [4.69, 9.17) is 13.9 Å². The number of carbonyl (C=O) groups is 1. The van der Waals surface area contributed by atoms with Gasteiger partial charge in [0, 0.05) is 6.07 Å². The number of alkyl halides is 3. The van der Waals surface area contributed by atoms with E-state index in [2.05, 4.69) is 0 Å². The van der Waals surface area contributed by atoms with E-state index < -0.39 is 34.7 Å². The zero-order valence-electron chi connectivity index (χ0n) is 20.0. The van der Waals surface area contributed by atoms with Gasteiger partial charge in [0.1, 0.15) is 17.1 Å². The maximum atomic E-state index is 13.9. The minimum absolute atomic E-state index is 0.0592. The fourth-order valence-electron chi connectivity index (χ4n) is 3.60. The molecule has 0 N–H and O–H groups in total. The van der Waals surface area contributed by atoms with Crippen LogP contribution < -0.4 is 14.9 Å². The molecule has 0 aliphatic rings. The molecule has 0 fully saturated rings. The van der Waals surface area contributed by atoms with Gasteiger partial charge in [-0.1, -0.05) is 51.1 Å². The van der Waals surface area contributed by atoms with Crippen molar-refractivity contribution in [2.75, 3.05) is 0 Å². The molecular weight excluding hydrogens is 473 g/mol. The third-order valence-corrected chi connectivity index (χ3v) is 5.60. The van der Waals surface area contributed by atoms with E-state index in [1.54, 1.807) is 43.3 Å². The smallest absolute Gasteiger partial charge is 0.449 e. The Hall–Kier alpha value is -4.07. The van der Waals surface area contributed by atoms with Gasteiger partial charge in [0.2, 0.25) is 11.2 Å². The third kappa shape index (κ3) is 5.12. The van der Waals surface area contributed by atoms with Crippen molar-refractivity contribution in [3.05, 3.63) is 99.4 Å². The second-order valence-corrected chi connectivity index (χ2v) is 9.33. The summed E-state index contributed by atoms with van der Waals surface area (Å²) in [4.78, 5) is 25.5. The lowest BCUT2D eigenvalue weighted by Gasteiger charge is -2.19. The first-order valence-corrected chi connectivity index (χ1v) is 11.1. The van der Waals surface area contributed by atoms with Crippen LogP contribution in [-0.4, -0.2) is 5.97 Å². The fourth-order valence-corrected chi connectivity index (χ4v) is 3.60. The minimum atomic E-state index is -5.01. The molecule has 0 radical (unpaired) electrons. The summed E-state index contributed by atoms with van der Waals surface area (Å²) in [5.74, 6) is -3.25. The predicted molar refractivity (Wildman–Crippen MR) is 129 cm³/mol. The zero-order valence-corrected chi connectivity index (χ0v) is 20.0. The summed E-state index contributed by atoms with van der Waals surface area (Å²) in [6, 6.07) is 16.8. The number of fused-ring (bicyclic) bond motifs is 1. The monoisotopic (exact) mass is 496 g/mol. The van der Waals surface area contributed by atoms with Crippen molar-refractivity contribution in [3.8, 4) is 17.2 Å². The summed E-state index contributed by atoms with van der Waals surface area (Å²) < 4.78 is 57.4. The Morgan fingerprint density at radius 3 is 2.14 bits per heavy atom. The van der Waals surface area contributed by atoms with Gasteiger partial charge in [0.05, 0.1) is 10.9 Å². The van der Waals surface area contributed by atoms with E-state index in [9.17, 15) is 22.8 Å². The van der Waals surface area contributed by atoms with Gasteiger partial charge in [-0.3, -0.25) is 4.79 Å². The summed E-state index contributed by atoms with van der Waals surface area (Å²) in [5.41, 5.74) is 0.364. The lowest BCUT2D eigenvalue weighted by Crippen LogP contribution is -2.16. The van der Waals surface area contributed by atoms with Gasteiger partial charge < -0.3 is 13.9 Å². The molecule has 0 amide bonds. The van der Waals surface area contributed by atoms with Gasteiger partial charge in [-0.25, -0.2) is 4.79 Å². The highest BCUT2D eigenvalue weighted by molar-refractivity contribution is 5.93. The van der Waals surface area contributed by atoms with Crippen molar-refractivity contribution < 1.29 is 31.9 Å². The highest BCUT2D eigenvalue weighted by Crippen LogP contribution is 2.39. The maximum Gasteiger partial charge on any atom is 0.453 e. The van der Waals surface area contributed by atoms with Crippen LogP contribution in [0.25, 0.3) is 11.0 Å². The largest absolute Gasteiger partial charge is 0.453 e. The lowest BCUT2D eigenvalue weighted by molar-refractivity contribution is -0.154. The number of esters is 1. The van der Waals surface area contributed by atoms with Crippen LogP contribution in [0.3, 0.4) is 0 Å².